The Labute approximate surface area is 217 Å². The molecule has 0 spiro atoms. The number of benzene rings is 2. The van der Waals surface area contributed by atoms with Crippen molar-refractivity contribution >= 4 is 29.4 Å². The molecule has 2 aliphatic carbocycles. The number of alkyl halides is 2. The molecular weight excluding hydrogens is 507 g/mol. The number of amides is 1. The molecule has 0 heterocycles. The van der Waals surface area contributed by atoms with Crippen LogP contribution < -0.4 is 15.4 Å². The maximum Gasteiger partial charge on any atom is 0.417 e. The Balaban J connectivity index is 1.57. The SMILES string of the molecule is CSc1ccc(OC(F)(F)[C@@H](N[C@@H](CSCC2CC2)C(=O)NC2(C#N)CC2)c2ccc(F)cc2)cc1. The Morgan fingerprint density at radius 1 is 1.19 bits per heavy atom. The van der Waals surface area contributed by atoms with E-state index in [-0.39, 0.29) is 17.1 Å². The largest absolute Gasteiger partial charge is 0.431 e. The van der Waals surface area contributed by atoms with Crippen molar-refractivity contribution in [3.63, 3.8) is 0 Å². The number of thioether (sulfide) groups is 2. The number of nitrogens with one attached hydrogen (secondary N) is 2. The van der Waals surface area contributed by atoms with E-state index >= 15 is 8.78 Å². The van der Waals surface area contributed by atoms with Gasteiger partial charge in [-0.25, -0.2) is 4.39 Å². The zero-order valence-electron chi connectivity index (χ0n) is 19.8. The van der Waals surface area contributed by atoms with Crippen molar-refractivity contribution in [3.8, 4) is 11.8 Å². The third kappa shape index (κ3) is 7.11. The summed E-state index contributed by atoms with van der Waals surface area (Å²) < 4.78 is 50.1. The lowest BCUT2D eigenvalue weighted by molar-refractivity contribution is -0.202. The van der Waals surface area contributed by atoms with Gasteiger partial charge in [-0.1, -0.05) is 12.1 Å². The van der Waals surface area contributed by atoms with E-state index in [0.717, 1.165) is 35.6 Å². The van der Waals surface area contributed by atoms with E-state index in [9.17, 15) is 14.4 Å². The van der Waals surface area contributed by atoms with Crippen molar-refractivity contribution < 1.29 is 22.7 Å². The van der Waals surface area contributed by atoms with Gasteiger partial charge in [0.1, 0.15) is 23.1 Å². The summed E-state index contributed by atoms with van der Waals surface area (Å²) in [6.45, 7) is 0. The van der Waals surface area contributed by atoms with E-state index in [4.69, 9.17) is 4.74 Å². The van der Waals surface area contributed by atoms with Crippen LogP contribution in [0.4, 0.5) is 13.2 Å². The van der Waals surface area contributed by atoms with Gasteiger partial charge in [-0.2, -0.15) is 25.8 Å². The maximum atomic E-state index is 15.7. The number of hydrogen-bond acceptors (Lipinski definition) is 6. The minimum atomic E-state index is -3.77. The van der Waals surface area contributed by atoms with Crippen LogP contribution >= 0.6 is 23.5 Å². The van der Waals surface area contributed by atoms with Crippen molar-refractivity contribution in [1.29, 1.82) is 5.26 Å². The van der Waals surface area contributed by atoms with Crippen LogP contribution in [0.2, 0.25) is 0 Å². The second-order valence-corrected chi connectivity index (χ2v) is 11.2. The van der Waals surface area contributed by atoms with Crippen molar-refractivity contribution in [1.82, 2.24) is 10.6 Å². The number of nitriles is 1. The molecule has 0 aromatic heterocycles. The molecular formula is C26H28F3N3O2S2. The molecule has 0 saturated heterocycles. The molecule has 2 aliphatic rings. The molecule has 0 bridgehead atoms. The van der Waals surface area contributed by atoms with Gasteiger partial charge in [0, 0.05) is 10.6 Å². The molecule has 0 radical (unpaired) electrons. The molecule has 2 fully saturated rings. The van der Waals surface area contributed by atoms with E-state index in [2.05, 4.69) is 16.7 Å². The molecule has 2 atom stereocenters. The molecule has 2 aromatic carbocycles. The quantitative estimate of drug-likeness (QED) is 0.329. The normalized spacial score (nSPS) is 18.1. The number of rotatable bonds is 13. The molecule has 0 unspecified atom stereocenters. The smallest absolute Gasteiger partial charge is 0.417 e. The molecule has 0 aliphatic heterocycles. The minimum absolute atomic E-state index is 0.0303. The molecule has 5 nitrogen and oxygen atoms in total. The number of carbonyl (C=O) groups is 1. The van der Waals surface area contributed by atoms with Gasteiger partial charge in [0.2, 0.25) is 5.91 Å². The van der Waals surface area contributed by atoms with E-state index in [1.807, 2.05) is 6.26 Å². The molecule has 192 valence electrons. The van der Waals surface area contributed by atoms with E-state index in [0.29, 0.717) is 18.8 Å². The summed E-state index contributed by atoms with van der Waals surface area (Å²) in [4.78, 5) is 14.0. The lowest BCUT2D eigenvalue weighted by atomic mass is 10.0. The Hall–Kier alpha value is -2.35. The number of ether oxygens (including phenoxy) is 1. The Morgan fingerprint density at radius 2 is 1.86 bits per heavy atom. The standard InChI is InChI=1S/C26H28F3N3O2S2/c1-35-21-10-8-20(9-11-21)34-26(28,29)23(18-4-6-19(27)7-5-18)31-22(15-36-14-17-2-3-17)24(33)32-25(16-30)12-13-25/h4-11,17,22-23,31H,2-3,12-15H2,1H3,(H,32,33)/t22-,23-/m0/s1. The van der Waals surface area contributed by atoms with Crippen LogP contribution in [0.5, 0.6) is 5.75 Å². The summed E-state index contributed by atoms with van der Waals surface area (Å²) in [7, 11) is 0. The van der Waals surface area contributed by atoms with Gasteiger partial charge in [-0.3, -0.25) is 10.1 Å². The summed E-state index contributed by atoms with van der Waals surface area (Å²) in [5.41, 5.74) is -0.852. The van der Waals surface area contributed by atoms with Gasteiger partial charge in [-0.05, 0) is 85.6 Å². The van der Waals surface area contributed by atoms with Crippen molar-refractivity contribution in [3.05, 3.63) is 59.9 Å². The average Bonchev–Trinajstić information content (AvgIpc) is 3.79. The first kappa shape index (κ1) is 26.7. The first-order valence-corrected chi connectivity index (χ1v) is 14.1. The fourth-order valence-electron chi connectivity index (χ4n) is 3.65. The van der Waals surface area contributed by atoms with Crippen LogP contribution in [-0.4, -0.2) is 41.4 Å². The van der Waals surface area contributed by atoms with E-state index < -0.39 is 35.5 Å². The van der Waals surface area contributed by atoms with Crippen LogP contribution in [0.3, 0.4) is 0 Å². The highest BCUT2D eigenvalue weighted by Gasteiger charge is 2.48. The molecule has 36 heavy (non-hydrogen) atoms. The van der Waals surface area contributed by atoms with E-state index in [1.54, 1.807) is 12.1 Å². The fraction of sp³-hybridized carbons (Fsp3) is 0.462. The number of hydrogen-bond donors (Lipinski definition) is 2. The summed E-state index contributed by atoms with van der Waals surface area (Å²) in [6, 6.07) is 10.3. The third-order valence-corrected chi connectivity index (χ3v) is 8.22. The summed E-state index contributed by atoms with van der Waals surface area (Å²) >= 11 is 2.99. The predicted molar refractivity (Wildman–Crippen MR) is 136 cm³/mol. The number of halogens is 3. The van der Waals surface area contributed by atoms with Crippen molar-refractivity contribution in [2.45, 2.75) is 54.3 Å². The van der Waals surface area contributed by atoms with Gasteiger partial charge in [0.05, 0.1) is 12.1 Å². The zero-order chi connectivity index (χ0) is 25.8. The van der Waals surface area contributed by atoms with Gasteiger partial charge < -0.3 is 10.1 Å². The van der Waals surface area contributed by atoms with E-state index in [1.165, 1.54) is 47.8 Å². The molecule has 10 heteroatoms. The predicted octanol–water partition coefficient (Wildman–Crippen LogP) is 5.53. The summed E-state index contributed by atoms with van der Waals surface area (Å²) in [5.74, 6) is 0.579. The first-order chi connectivity index (χ1) is 17.2. The molecule has 2 aromatic rings. The van der Waals surface area contributed by atoms with Crippen LogP contribution in [0.15, 0.2) is 53.4 Å². The lowest BCUT2D eigenvalue weighted by Gasteiger charge is -2.31. The minimum Gasteiger partial charge on any atom is -0.431 e. The van der Waals surface area contributed by atoms with Gasteiger partial charge in [0.25, 0.3) is 0 Å². The third-order valence-electron chi connectivity index (χ3n) is 6.20. The van der Waals surface area contributed by atoms with Crippen molar-refractivity contribution in [2.75, 3.05) is 17.8 Å². The summed E-state index contributed by atoms with van der Waals surface area (Å²) in [6.07, 6.45) is 1.44. The van der Waals surface area contributed by atoms with Crippen LogP contribution in [0.25, 0.3) is 0 Å². The average molecular weight is 536 g/mol. The highest BCUT2D eigenvalue weighted by Crippen LogP contribution is 2.37. The molecule has 2 saturated carbocycles. The van der Waals surface area contributed by atoms with Crippen LogP contribution in [0.1, 0.15) is 37.3 Å². The Morgan fingerprint density at radius 3 is 2.42 bits per heavy atom. The molecule has 2 N–H and O–H groups in total. The van der Waals surface area contributed by atoms with Crippen LogP contribution in [-0.2, 0) is 4.79 Å². The molecule has 4 rings (SSSR count). The molecule has 1 amide bonds. The fourth-order valence-corrected chi connectivity index (χ4v) is 5.35. The second kappa shape index (κ2) is 11.4. The zero-order valence-corrected chi connectivity index (χ0v) is 21.4. The Bertz CT molecular complexity index is 1090. The van der Waals surface area contributed by atoms with Gasteiger partial charge in [0.15, 0.2) is 0 Å². The monoisotopic (exact) mass is 535 g/mol. The first-order valence-electron chi connectivity index (χ1n) is 11.8. The number of carbonyl (C=O) groups excluding carboxylic acids is 1. The van der Waals surface area contributed by atoms with Crippen molar-refractivity contribution in [2.24, 2.45) is 5.92 Å². The maximum absolute atomic E-state index is 15.7. The van der Waals surface area contributed by atoms with Gasteiger partial charge >= 0.3 is 6.11 Å². The number of nitrogens with zero attached hydrogens (tertiary/aromatic N) is 1. The Kier molecular flexibility index (Phi) is 8.43. The lowest BCUT2D eigenvalue weighted by Crippen LogP contribution is -2.54. The van der Waals surface area contributed by atoms with Crippen LogP contribution in [0, 0.1) is 23.1 Å². The second-order valence-electron chi connectivity index (χ2n) is 9.21. The summed E-state index contributed by atoms with van der Waals surface area (Å²) in [5, 5.41) is 14.9. The van der Waals surface area contributed by atoms with Gasteiger partial charge in [-0.15, -0.1) is 11.8 Å². The highest BCUT2D eigenvalue weighted by molar-refractivity contribution is 7.99. The highest BCUT2D eigenvalue weighted by atomic mass is 32.2. The topological polar surface area (TPSA) is 74.2 Å².